The summed E-state index contributed by atoms with van der Waals surface area (Å²) in [6, 6.07) is 0.839. The van der Waals surface area contributed by atoms with Crippen LogP contribution in [0.25, 0.3) is 0 Å². The molecule has 0 spiro atoms. The molecule has 19 heavy (non-hydrogen) atoms. The molecule has 0 atom stereocenters. The Bertz CT molecular complexity index is 449. The molecule has 0 aliphatic heterocycles. The van der Waals surface area contributed by atoms with E-state index >= 15 is 0 Å². The summed E-state index contributed by atoms with van der Waals surface area (Å²) in [6.07, 6.45) is -3.71. The summed E-state index contributed by atoms with van der Waals surface area (Å²) >= 11 is 5.72. The molecule has 0 amide bonds. The van der Waals surface area contributed by atoms with Crippen LogP contribution >= 0.6 is 11.6 Å². The van der Waals surface area contributed by atoms with Crippen molar-refractivity contribution in [3.8, 4) is 0 Å². The second kappa shape index (κ2) is 6.77. The van der Waals surface area contributed by atoms with Crippen molar-refractivity contribution in [1.29, 1.82) is 0 Å². The maximum absolute atomic E-state index is 12.4. The number of ether oxygens (including phenoxy) is 1. The summed E-state index contributed by atoms with van der Waals surface area (Å²) < 4.78 is 42.4. The molecule has 0 unspecified atom stereocenters. The molecule has 1 heterocycles. The van der Waals surface area contributed by atoms with E-state index in [1.807, 2.05) is 6.92 Å². The maximum atomic E-state index is 12.4. The van der Waals surface area contributed by atoms with Crippen LogP contribution in [0, 0.1) is 0 Å². The van der Waals surface area contributed by atoms with Gasteiger partial charge in [0, 0.05) is 12.7 Å². The van der Waals surface area contributed by atoms with Gasteiger partial charge >= 0.3 is 6.18 Å². The number of halogens is 4. The summed E-state index contributed by atoms with van der Waals surface area (Å²) in [6.45, 7) is 6.72. The molecule has 0 radical (unpaired) electrons. The lowest BCUT2D eigenvalue weighted by Crippen LogP contribution is -2.12. The number of aromatic nitrogens is 1. The predicted octanol–water partition coefficient (Wildman–Crippen LogP) is 3.76. The van der Waals surface area contributed by atoms with E-state index in [1.54, 1.807) is 0 Å². The van der Waals surface area contributed by atoms with E-state index in [0.717, 1.165) is 17.8 Å². The van der Waals surface area contributed by atoms with Gasteiger partial charge in [-0.1, -0.05) is 23.8 Å². The van der Waals surface area contributed by atoms with E-state index < -0.39 is 11.7 Å². The zero-order valence-corrected chi connectivity index (χ0v) is 11.1. The van der Waals surface area contributed by atoms with E-state index in [0.29, 0.717) is 19.8 Å². The first-order valence-electron chi connectivity index (χ1n) is 5.49. The van der Waals surface area contributed by atoms with E-state index in [9.17, 15) is 13.2 Å². The zero-order valence-electron chi connectivity index (χ0n) is 10.4. The van der Waals surface area contributed by atoms with Crippen LogP contribution in [0.3, 0.4) is 0 Å². The molecule has 0 saturated heterocycles. The smallest absolute Gasteiger partial charge is 0.375 e. The van der Waals surface area contributed by atoms with E-state index in [2.05, 4.69) is 16.9 Å². The van der Waals surface area contributed by atoms with Gasteiger partial charge in [0.05, 0.1) is 23.8 Å². The molecule has 1 rings (SSSR count). The fraction of sp³-hybridized carbons (Fsp3) is 0.417. The van der Waals surface area contributed by atoms with Crippen molar-refractivity contribution in [2.24, 2.45) is 0 Å². The van der Waals surface area contributed by atoms with Crippen LogP contribution in [-0.4, -0.2) is 24.7 Å². The number of hydrogen-bond acceptors (Lipinski definition) is 3. The van der Waals surface area contributed by atoms with E-state index in [-0.39, 0.29) is 10.8 Å². The van der Waals surface area contributed by atoms with Gasteiger partial charge in [-0.05, 0) is 13.0 Å². The number of nitrogens with zero attached hydrogens (tertiary/aromatic N) is 1. The molecule has 0 aliphatic carbocycles. The second-order valence-electron chi connectivity index (χ2n) is 3.99. The van der Waals surface area contributed by atoms with Gasteiger partial charge in [-0.2, -0.15) is 13.2 Å². The Morgan fingerprint density at radius 2 is 2.21 bits per heavy atom. The third-order valence-electron chi connectivity index (χ3n) is 2.06. The highest BCUT2D eigenvalue weighted by Gasteiger charge is 2.31. The van der Waals surface area contributed by atoms with Gasteiger partial charge in [0.2, 0.25) is 0 Å². The van der Waals surface area contributed by atoms with Gasteiger partial charge in [0.25, 0.3) is 0 Å². The first kappa shape index (κ1) is 15.8. The molecule has 0 fully saturated rings. The Hall–Kier alpha value is -1.27. The third kappa shape index (κ3) is 5.48. The Morgan fingerprint density at radius 3 is 2.74 bits per heavy atom. The van der Waals surface area contributed by atoms with E-state index in [4.69, 9.17) is 16.3 Å². The van der Waals surface area contributed by atoms with Crippen LogP contribution in [0.2, 0.25) is 5.02 Å². The highest BCUT2D eigenvalue weighted by Crippen LogP contribution is 2.32. The lowest BCUT2D eigenvalue weighted by molar-refractivity contribution is -0.137. The molecular formula is C12H14ClF3N2O. The van der Waals surface area contributed by atoms with Gasteiger partial charge in [-0.15, -0.1) is 0 Å². The van der Waals surface area contributed by atoms with Crippen LogP contribution in [0.5, 0.6) is 0 Å². The molecule has 7 heteroatoms. The highest BCUT2D eigenvalue weighted by molar-refractivity contribution is 6.32. The Balaban J connectivity index is 2.49. The summed E-state index contributed by atoms with van der Waals surface area (Å²) in [5, 5.41) is 2.73. The number of pyridine rings is 1. The van der Waals surface area contributed by atoms with Gasteiger partial charge in [-0.3, -0.25) is 0 Å². The van der Waals surface area contributed by atoms with Crippen molar-refractivity contribution >= 4 is 17.4 Å². The molecule has 1 aromatic heterocycles. The molecule has 0 aromatic carbocycles. The van der Waals surface area contributed by atoms with Crippen LogP contribution in [0.1, 0.15) is 12.5 Å². The lowest BCUT2D eigenvalue weighted by Gasteiger charge is -2.11. The molecule has 1 aromatic rings. The summed E-state index contributed by atoms with van der Waals surface area (Å²) in [4.78, 5) is 3.64. The average molecular weight is 295 g/mol. The van der Waals surface area contributed by atoms with Crippen molar-refractivity contribution < 1.29 is 17.9 Å². The summed E-state index contributed by atoms with van der Waals surface area (Å²) in [7, 11) is 0. The minimum atomic E-state index is -4.44. The predicted molar refractivity (Wildman–Crippen MR) is 68.4 cm³/mol. The highest BCUT2D eigenvalue weighted by atomic mass is 35.5. The van der Waals surface area contributed by atoms with Gasteiger partial charge in [0.15, 0.2) is 0 Å². The molecule has 0 saturated carbocycles. The molecule has 106 valence electrons. The molecular weight excluding hydrogens is 281 g/mol. The van der Waals surface area contributed by atoms with E-state index in [1.165, 1.54) is 0 Å². The Kier molecular flexibility index (Phi) is 5.62. The minimum absolute atomic E-state index is 0.0743. The average Bonchev–Trinajstić information content (AvgIpc) is 2.28. The monoisotopic (exact) mass is 294 g/mol. The fourth-order valence-electron chi connectivity index (χ4n) is 1.21. The van der Waals surface area contributed by atoms with Crippen molar-refractivity contribution in [2.45, 2.75) is 13.1 Å². The quantitative estimate of drug-likeness (QED) is 0.641. The van der Waals surface area contributed by atoms with Crippen molar-refractivity contribution in [3.05, 3.63) is 35.0 Å². The standard InChI is InChI=1S/C12H14ClF3N2O/c1-8(2)7-19-4-3-17-11-10(13)5-9(6-18-11)12(14,15)16/h5-6H,1,3-4,7H2,2H3,(H,17,18). The topological polar surface area (TPSA) is 34.1 Å². The zero-order chi connectivity index (χ0) is 14.5. The SMILES string of the molecule is C=C(C)COCCNc1ncc(C(F)(F)F)cc1Cl. The van der Waals surface area contributed by atoms with Crippen LogP contribution < -0.4 is 5.32 Å². The van der Waals surface area contributed by atoms with Crippen LogP contribution in [-0.2, 0) is 10.9 Å². The molecule has 0 bridgehead atoms. The minimum Gasteiger partial charge on any atom is -0.375 e. The number of rotatable bonds is 6. The number of alkyl halides is 3. The normalized spacial score (nSPS) is 11.4. The summed E-state index contributed by atoms with van der Waals surface area (Å²) in [5.41, 5.74) is 0.0206. The van der Waals surface area contributed by atoms with Gasteiger partial charge in [-0.25, -0.2) is 4.98 Å². The number of anilines is 1. The lowest BCUT2D eigenvalue weighted by atomic mass is 10.3. The fourth-order valence-corrected chi connectivity index (χ4v) is 1.44. The number of nitrogens with one attached hydrogen (secondary N) is 1. The van der Waals surface area contributed by atoms with Crippen molar-refractivity contribution in [2.75, 3.05) is 25.1 Å². The maximum Gasteiger partial charge on any atom is 0.417 e. The van der Waals surface area contributed by atoms with Crippen molar-refractivity contribution in [3.63, 3.8) is 0 Å². The first-order valence-corrected chi connectivity index (χ1v) is 5.87. The van der Waals surface area contributed by atoms with Gasteiger partial charge in [0.1, 0.15) is 5.82 Å². The second-order valence-corrected chi connectivity index (χ2v) is 4.40. The molecule has 0 aliphatic rings. The Labute approximate surface area is 114 Å². The number of hydrogen-bond donors (Lipinski definition) is 1. The largest absolute Gasteiger partial charge is 0.417 e. The van der Waals surface area contributed by atoms with Crippen LogP contribution in [0.15, 0.2) is 24.4 Å². The third-order valence-corrected chi connectivity index (χ3v) is 2.34. The van der Waals surface area contributed by atoms with Crippen molar-refractivity contribution in [1.82, 2.24) is 4.98 Å². The molecule has 3 nitrogen and oxygen atoms in total. The van der Waals surface area contributed by atoms with Crippen LogP contribution in [0.4, 0.5) is 19.0 Å². The first-order chi connectivity index (χ1) is 8.80. The Morgan fingerprint density at radius 1 is 1.53 bits per heavy atom. The van der Waals surface area contributed by atoms with Gasteiger partial charge < -0.3 is 10.1 Å². The molecule has 1 N–H and O–H groups in total. The summed E-state index contributed by atoms with van der Waals surface area (Å²) in [5.74, 6) is 0.202.